The largest absolute Gasteiger partial charge is 0.365 e. The number of rotatable bonds is 7. The Morgan fingerprint density at radius 2 is 1.63 bits per heavy atom. The van der Waals surface area contributed by atoms with Gasteiger partial charge in [-0.05, 0) is 25.0 Å². The molecule has 0 spiro atoms. The van der Waals surface area contributed by atoms with Gasteiger partial charge >= 0.3 is 7.60 Å². The van der Waals surface area contributed by atoms with Crippen molar-refractivity contribution >= 4 is 24.5 Å². The first-order chi connectivity index (χ1) is 8.70. The second-order valence-electron chi connectivity index (χ2n) is 4.95. The molecule has 4 nitrogen and oxygen atoms in total. The molecule has 0 amide bonds. The Kier molecular flexibility index (Phi) is 8.21. The first-order valence-corrected chi connectivity index (χ1v) is 9.02. The highest BCUT2D eigenvalue weighted by molar-refractivity contribution is 8.14. The lowest BCUT2D eigenvalue weighted by Gasteiger charge is -2.22. The second kappa shape index (κ2) is 8.25. The summed E-state index contributed by atoms with van der Waals surface area (Å²) in [5.74, 6) is 0.624. The molecule has 0 aliphatic heterocycles. The van der Waals surface area contributed by atoms with Gasteiger partial charge in [-0.1, -0.05) is 45.5 Å². The fourth-order valence-electron chi connectivity index (χ4n) is 1.38. The quantitative estimate of drug-likeness (QED) is 0.513. The normalized spacial score (nSPS) is 13.7. The molecule has 0 aromatic rings. The first-order valence-electron chi connectivity index (χ1n) is 6.49. The van der Waals surface area contributed by atoms with Crippen LogP contribution >= 0.6 is 19.4 Å². The molecule has 0 saturated heterocycles. The van der Waals surface area contributed by atoms with Gasteiger partial charge in [-0.25, -0.2) is 0 Å². The van der Waals surface area contributed by atoms with Crippen LogP contribution < -0.4 is 0 Å². The van der Waals surface area contributed by atoms with Gasteiger partial charge in [0, 0.05) is 0 Å². The maximum absolute atomic E-state index is 12.8. The van der Waals surface area contributed by atoms with E-state index in [4.69, 9.17) is 9.05 Å². The lowest BCUT2D eigenvalue weighted by Crippen LogP contribution is -2.10. The van der Waals surface area contributed by atoms with Crippen molar-refractivity contribution in [1.82, 2.24) is 0 Å². The molecule has 0 saturated carbocycles. The van der Waals surface area contributed by atoms with Gasteiger partial charge in [0.05, 0.1) is 13.2 Å². The molecular formula is C13H25O4PS. The van der Waals surface area contributed by atoms with Crippen molar-refractivity contribution in [2.75, 3.05) is 19.0 Å². The molecule has 0 unspecified atom stereocenters. The maximum Gasteiger partial charge on any atom is 0.365 e. The molecule has 19 heavy (non-hydrogen) atoms. The highest BCUT2D eigenvalue weighted by Gasteiger charge is 2.35. The van der Waals surface area contributed by atoms with E-state index in [-0.39, 0.29) is 29.1 Å². The third-order valence-corrected chi connectivity index (χ3v) is 4.99. The summed E-state index contributed by atoms with van der Waals surface area (Å²) in [6, 6.07) is 0. The summed E-state index contributed by atoms with van der Waals surface area (Å²) in [6.07, 6.45) is 1.70. The first kappa shape index (κ1) is 18.9. The number of hydrogen-bond donors (Lipinski definition) is 0. The number of thioether (sulfide) groups is 1. The van der Waals surface area contributed by atoms with Crippen molar-refractivity contribution in [2.45, 2.75) is 41.5 Å². The summed E-state index contributed by atoms with van der Waals surface area (Å²) in [5, 5.41) is -0.0711. The molecule has 0 radical (unpaired) electrons. The van der Waals surface area contributed by atoms with E-state index in [1.165, 1.54) is 0 Å². The standard InChI is InChI=1S/C13H25O4PS/c1-7-16-18(15,17-8-2)11(10-13(4,5)6)12(14)19-9-3/h10H,7-9H2,1-6H3/b11-10-. The van der Waals surface area contributed by atoms with Gasteiger partial charge in [0.1, 0.15) is 5.31 Å². The third kappa shape index (κ3) is 6.75. The number of carbonyl (C=O) groups excluding carboxylic acids is 1. The van der Waals surface area contributed by atoms with Gasteiger partial charge in [0.25, 0.3) is 0 Å². The van der Waals surface area contributed by atoms with E-state index in [0.717, 1.165) is 11.8 Å². The van der Waals surface area contributed by atoms with E-state index in [1.54, 1.807) is 19.9 Å². The summed E-state index contributed by atoms with van der Waals surface area (Å²) < 4.78 is 23.3. The average molecular weight is 308 g/mol. The summed E-state index contributed by atoms with van der Waals surface area (Å²) in [4.78, 5) is 12.2. The zero-order chi connectivity index (χ0) is 15.1. The Morgan fingerprint density at radius 3 is 1.95 bits per heavy atom. The van der Waals surface area contributed by atoms with Crippen molar-refractivity contribution in [3.05, 3.63) is 11.4 Å². The molecule has 0 N–H and O–H groups in total. The monoisotopic (exact) mass is 308 g/mol. The highest BCUT2D eigenvalue weighted by Crippen LogP contribution is 2.58. The van der Waals surface area contributed by atoms with Crippen molar-refractivity contribution in [2.24, 2.45) is 5.41 Å². The maximum atomic E-state index is 12.8. The van der Waals surface area contributed by atoms with Gasteiger partial charge < -0.3 is 9.05 Å². The molecule has 0 rings (SSSR count). The smallest absolute Gasteiger partial charge is 0.305 e. The van der Waals surface area contributed by atoms with Gasteiger partial charge in [-0.3, -0.25) is 9.36 Å². The number of hydrogen-bond acceptors (Lipinski definition) is 5. The second-order valence-corrected chi connectivity index (χ2v) is 8.18. The van der Waals surface area contributed by atoms with Crippen LogP contribution in [0.1, 0.15) is 41.5 Å². The average Bonchev–Trinajstić information content (AvgIpc) is 2.25. The highest BCUT2D eigenvalue weighted by atomic mass is 32.2. The van der Waals surface area contributed by atoms with E-state index in [1.807, 2.05) is 27.7 Å². The molecule has 0 aliphatic rings. The Labute approximate surface area is 120 Å². The van der Waals surface area contributed by atoms with Crippen LogP contribution in [0.2, 0.25) is 0 Å². The van der Waals surface area contributed by atoms with Gasteiger partial charge in [-0.2, -0.15) is 0 Å². The lowest BCUT2D eigenvalue weighted by atomic mass is 9.96. The molecule has 0 heterocycles. The minimum Gasteiger partial charge on any atom is -0.305 e. The minimum atomic E-state index is -3.52. The van der Waals surface area contributed by atoms with Crippen LogP contribution in [0, 0.1) is 5.41 Å². The minimum absolute atomic E-state index is 0.163. The van der Waals surface area contributed by atoms with E-state index < -0.39 is 7.60 Å². The van der Waals surface area contributed by atoms with E-state index in [9.17, 15) is 9.36 Å². The number of carbonyl (C=O) groups is 1. The predicted octanol–water partition coefficient (Wildman–Crippen LogP) is 4.46. The zero-order valence-corrected chi connectivity index (χ0v) is 14.4. The van der Waals surface area contributed by atoms with E-state index in [2.05, 4.69) is 0 Å². The Hall–Kier alpha value is -0.0900. The predicted molar refractivity (Wildman–Crippen MR) is 81.5 cm³/mol. The zero-order valence-electron chi connectivity index (χ0n) is 12.7. The van der Waals surface area contributed by atoms with E-state index >= 15 is 0 Å². The van der Waals surface area contributed by atoms with Crippen molar-refractivity contribution < 1.29 is 18.4 Å². The van der Waals surface area contributed by atoms with Crippen LogP contribution in [0.25, 0.3) is 0 Å². The fourth-order valence-corrected chi connectivity index (χ4v) is 4.18. The van der Waals surface area contributed by atoms with Gasteiger partial charge in [0.15, 0.2) is 0 Å². The molecule has 6 heteroatoms. The van der Waals surface area contributed by atoms with Gasteiger partial charge in [0.2, 0.25) is 5.12 Å². The third-order valence-electron chi connectivity index (χ3n) is 1.95. The molecule has 0 aromatic carbocycles. The summed E-state index contributed by atoms with van der Waals surface area (Å²) in [6.45, 7) is 11.7. The lowest BCUT2D eigenvalue weighted by molar-refractivity contribution is -0.107. The molecule has 0 aliphatic carbocycles. The molecule has 112 valence electrons. The summed E-state index contributed by atoms with van der Waals surface area (Å²) >= 11 is 1.12. The summed E-state index contributed by atoms with van der Waals surface area (Å²) in [5.41, 5.74) is -0.275. The van der Waals surface area contributed by atoms with Crippen molar-refractivity contribution in [3.63, 3.8) is 0 Å². The summed E-state index contributed by atoms with van der Waals surface area (Å²) in [7, 11) is -3.52. The Morgan fingerprint density at radius 1 is 1.16 bits per heavy atom. The van der Waals surface area contributed by atoms with Gasteiger partial charge in [-0.15, -0.1) is 0 Å². The van der Waals surface area contributed by atoms with E-state index in [0.29, 0.717) is 5.75 Å². The van der Waals surface area contributed by atoms with Crippen LogP contribution in [0.15, 0.2) is 11.4 Å². The Bertz CT molecular complexity index is 361. The molecule has 0 bridgehead atoms. The van der Waals surface area contributed by atoms with Crippen molar-refractivity contribution in [3.8, 4) is 0 Å². The molecule has 0 fully saturated rings. The topological polar surface area (TPSA) is 52.6 Å². The van der Waals surface area contributed by atoms with Crippen LogP contribution in [0.4, 0.5) is 0 Å². The van der Waals surface area contributed by atoms with Crippen LogP contribution in [-0.2, 0) is 18.4 Å². The van der Waals surface area contributed by atoms with Crippen LogP contribution in [-0.4, -0.2) is 24.1 Å². The molecule has 0 atom stereocenters. The molecule has 0 aromatic heterocycles. The SMILES string of the molecule is CCOP(=O)(OCC)/C(=C\C(C)(C)C)C(=O)SCC. The number of allylic oxidation sites excluding steroid dienone is 1. The van der Waals surface area contributed by atoms with Crippen LogP contribution in [0.3, 0.4) is 0 Å². The van der Waals surface area contributed by atoms with Crippen molar-refractivity contribution in [1.29, 1.82) is 0 Å². The van der Waals surface area contributed by atoms with Crippen LogP contribution in [0.5, 0.6) is 0 Å². The Balaban J connectivity index is 5.60. The fraction of sp³-hybridized carbons (Fsp3) is 0.769. The molecular weight excluding hydrogens is 283 g/mol.